The molecular weight excluding hydrogens is 262 g/mol. The van der Waals surface area contributed by atoms with Crippen LogP contribution < -0.4 is 5.32 Å². The van der Waals surface area contributed by atoms with Gasteiger partial charge < -0.3 is 5.32 Å². The van der Waals surface area contributed by atoms with Crippen molar-refractivity contribution in [1.29, 1.82) is 0 Å². The summed E-state index contributed by atoms with van der Waals surface area (Å²) in [6.07, 6.45) is 1.26. The van der Waals surface area contributed by atoms with Crippen LogP contribution in [-0.2, 0) is 0 Å². The minimum Gasteiger partial charge on any atom is -0.312 e. The van der Waals surface area contributed by atoms with Gasteiger partial charge in [-0.1, -0.05) is 39.0 Å². The highest BCUT2D eigenvalue weighted by atomic mass is 32.2. The molecule has 0 radical (unpaired) electrons. The Kier molecular flexibility index (Phi) is 6.60. The molecular formula is C18H31NS. The van der Waals surface area contributed by atoms with E-state index < -0.39 is 0 Å². The molecule has 114 valence electrons. The summed E-state index contributed by atoms with van der Waals surface area (Å²) in [6.45, 7) is 14.9. The Labute approximate surface area is 129 Å². The fourth-order valence-electron chi connectivity index (χ4n) is 2.11. The van der Waals surface area contributed by atoms with Gasteiger partial charge in [0.25, 0.3) is 0 Å². The van der Waals surface area contributed by atoms with Crippen LogP contribution in [0.3, 0.4) is 0 Å². The van der Waals surface area contributed by atoms with E-state index in [1.165, 1.54) is 17.1 Å². The number of thioether (sulfide) groups is 1. The summed E-state index contributed by atoms with van der Waals surface area (Å²) in [5.41, 5.74) is 0.561. The summed E-state index contributed by atoms with van der Waals surface area (Å²) in [7, 11) is 0. The second-order valence-corrected chi connectivity index (χ2v) is 8.81. The standard InChI is InChI=1S/C18H31NS/c1-17(2,3)15(14-19-18(4,5)6)12-13-20-16-10-8-7-9-11-16/h7-11,15,19H,12-14H2,1-6H3. The molecule has 0 aliphatic carbocycles. The molecule has 0 aliphatic heterocycles. The van der Waals surface area contributed by atoms with Crippen LogP contribution in [-0.4, -0.2) is 17.8 Å². The van der Waals surface area contributed by atoms with Crippen molar-refractivity contribution in [2.75, 3.05) is 12.3 Å². The largest absolute Gasteiger partial charge is 0.312 e. The van der Waals surface area contributed by atoms with Crippen molar-refractivity contribution >= 4 is 11.8 Å². The lowest BCUT2D eigenvalue weighted by Crippen LogP contribution is -2.42. The number of benzene rings is 1. The van der Waals surface area contributed by atoms with Crippen molar-refractivity contribution in [3.63, 3.8) is 0 Å². The van der Waals surface area contributed by atoms with Gasteiger partial charge in [0.05, 0.1) is 0 Å². The van der Waals surface area contributed by atoms with Crippen molar-refractivity contribution in [3.8, 4) is 0 Å². The molecule has 1 rings (SSSR count). The van der Waals surface area contributed by atoms with E-state index in [2.05, 4.69) is 77.2 Å². The third-order valence-electron chi connectivity index (χ3n) is 3.58. The molecule has 20 heavy (non-hydrogen) atoms. The smallest absolute Gasteiger partial charge is 0.00966 e. The summed E-state index contributed by atoms with van der Waals surface area (Å²) in [4.78, 5) is 1.38. The minimum absolute atomic E-state index is 0.204. The zero-order valence-corrected chi connectivity index (χ0v) is 14.8. The third-order valence-corrected chi connectivity index (χ3v) is 4.63. The van der Waals surface area contributed by atoms with E-state index in [0.717, 1.165) is 6.54 Å². The van der Waals surface area contributed by atoms with Crippen LogP contribution in [0.2, 0.25) is 0 Å². The number of rotatable bonds is 6. The molecule has 0 heterocycles. The van der Waals surface area contributed by atoms with Gasteiger partial charge in [-0.05, 0) is 63.0 Å². The maximum atomic E-state index is 3.67. The fourth-order valence-corrected chi connectivity index (χ4v) is 3.09. The van der Waals surface area contributed by atoms with Crippen molar-refractivity contribution in [2.45, 2.75) is 58.4 Å². The highest BCUT2D eigenvalue weighted by Gasteiger charge is 2.25. The Morgan fingerprint density at radius 3 is 2.10 bits per heavy atom. The molecule has 1 aromatic rings. The first-order valence-electron chi connectivity index (χ1n) is 7.61. The molecule has 2 heteroatoms. The molecule has 1 unspecified atom stereocenters. The molecule has 1 atom stereocenters. The average Bonchev–Trinajstić information content (AvgIpc) is 2.32. The van der Waals surface area contributed by atoms with Crippen molar-refractivity contribution in [2.24, 2.45) is 11.3 Å². The summed E-state index contributed by atoms with van der Waals surface area (Å²) >= 11 is 1.97. The summed E-state index contributed by atoms with van der Waals surface area (Å²) in [5, 5.41) is 3.67. The molecule has 0 fully saturated rings. The zero-order chi connectivity index (χ0) is 15.2. The monoisotopic (exact) mass is 293 g/mol. The maximum absolute atomic E-state index is 3.67. The van der Waals surface area contributed by atoms with E-state index in [9.17, 15) is 0 Å². The Balaban J connectivity index is 2.45. The zero-order valence-electron chi connectivity index (χ0n) is 14.0. The molecule has 0 aromatic heterocycles. The molecule has 0 saturated carbocycles. The molecule has 0 saturated heterocycles. The number of nitrogens with one attached hydrogen (secondary N) is 1. The predicted octanol–water partition coefficient (Wildman–Crippen LogP) is 5.22. The topological polar surface area (TPSA) is 12.0 Å². The van der Waals surface area contributed by atoms with Gasteiger partial charge in [-0.3, -0.25) is 0 Å². The van der Waals surface area contributed by atoms with E-state index in [0.29, 0.717) is 11.3 Å². The van der Waals surface area contributed by atoms with Gasteiger partial charge in [0, 0.05) is 10.4 Å². The first-order chi connectivity index (χ1) is 9.18. The van der Waals surface area contributed by atoms with Crippen LogP contribution in [0.15, 0.2) is 35.2 Å². The van der Waals surface area contributed by atoms with Crippen LogP contribution in [0, 0.1) is 11.3 Å². The predicted molar refractivity (Wildman–Crippen MR) is 92.5 cm³/mol. The number of hydrogen-bond acceptors (Lipinski definition) is 2. The normalized spacial score (nSPS) is 14.3. The van der Waals surface area contributed by atoms with E-state index in [-0.39, 0.29) is 5.54 Å². The molecule has 1 aromatic carbocycles. The van der Waals surface area contributed by atoms with Crippen LogP contribution in [0.5, 0.6) is 0 Å². The maximum Gasteiger partial charge on any atom is 0.00966 e. The molecule has 0 bridgehead atoms. The van der Waals surface area contributed by atoms with Crippen LogP contribution in [0.4, 0.5) is 0 Å². The van der Waals surface area contributed by atoms with Crippen LogP contribution in [0.1, 0.15) is 48.0 Å². The lowest BCUT2D eigenvalue weighted by atomic mass is 9.79. The Morgan fingerprint density at radius 1 is 1.00 bits per heavy atom. The third kappa shape index (κ3) is 7.35. The lowest BCUT2D eigenvalue weighted by Gasteiger charge is -2.34. The van der Waals surface area contributed by atoms with E-state index >= 15 is 0 Å². The van der Waals surface area contributed by atoms with Crippen LogP contribution in [0.25, 0.3) is 0 Å². The highest BCUT2D eigenvalue weighted by Crippen LogP contribution is 2.31. The van der Waals surface area contributed by atoms with Gasteiger partial charge in [0.1, 0.15) is 0 Å². The average molecular weight is 294 g/mol. The second kappa shape index (κ2) is 7.51. The molecule has 0 aliphatic rings. The fraction of sp³-hybridized carbons (Fsp3) is 0.667. The van der Waals surface area contributed by atoms with E-state index in [4.69, 9.17) is 0 Å². The Bertz CT molecular complexity index is 373. The Hall–Kier alpha value is -0.470. The van der Waals surface area contributed by atoms with Crippen molar-refractivity contribution in [3.05, 3.63) is 30.3 Å². The summed E-state index contributed by atoms with van der Waals surface area (Å²) in [6, 6.07) is 10.7. The Morgan fingerprint density at radius 2 is 1.60 bits per heavy atom. The van der Waals surface area contributed by atoms with Crippen molar-refractivity contribution < 1.29 is 0 Å². The van der Waals surface area contributed by atoms with Gasteiger partial charge in [-0.25, -0.2) is 0 Å². The summed E-state index contributed by atoms with van der Waals surface area (Å²) < 4.78 is 0. The molecule has 1 nitrogen and oxygen atoms in total. The van der Waals surface area contributed by atoms with Gasteiger partial charge in [0.2, 0.25) is 0 Å². The first-order valence-corrected chi connectivity index (χ1v) is 8.60. The summed E-state index contributed by atoms with van der Waals surface area (Å²) in [5.74, 6) is 1.90. The lowest BCUT2D eigenvalue weighted by molar-refractivity contribution is 0.211. The quantitative estimate of drug-likeness (QED) is 0.722. The molecule has 0 spiro atoms. The second-order valence-electron chi connectivity index (χ2n) is 7.64. The minimum atomic E-state index is 0.204. The SMILES string of the molecule is CC(C)(C)NCC(CCSc1ccccc1)C(C)(C)C. The van der Waals surface area contributed by atoms with Gasteiger partial charge >= 0.3 is 0 Å². The molecule has 1 N–H and O–H groups in total. The van der Waals surface area contributed by atoms with Crippen LogP contribution >= 0.6 is 11.8 Å². The van der Waals surface area contributed by atoms with E-state index in [1.54, 1.807) is 0 Å². The number of hydrogen-bond donors (Lipinski definition) is 1. The highest BCUT2D eigenvalue weighted by molar-refractivity contribution is 7.99. The first kappa shape index (κ1) is 17.6. The molecule has 0 amide bonds. The van der Waals surface area contributed by atoms with Gasteiger partial charge in [-0.2, -0.15) is 0 Å². The van der Waals surface area contributed by atoms with E-state index in [1.807, 2.05) is 11.8 Å². The van der Waals surface area contributed by atoms with Gasteiger partial charge in [-0.15, -0.1) is 11.8 Å². The van der Waals surface area contributed by atoms with Crippen molar-refractivity contribution in [1.82, 2.24) is 5.32 Å². The van der Waals surface area contributed by atoms with Gasteiger partial charge in [0.15, 0.2) is 0 Å².